The second-order valence-electron chi connectivity index (χ2n) is 4.53. The summed E-state index contributed by atoms with van der Waals surface area (Å²) in [5.41, 5.74) is 1.94. The van der Waals surface area contributed by atoms with Gasteiger partial charge in [-0.1, -0.05) is 0 Å². The SMILES string of the molecule is O=C(Nc1ccc2nc[nH]c2c1)C1(CO)CC1. The molecule has 0 radical (unpaired) electrons. The zero-order valence-corrected chi connectivity index (χ0v) is 9.23. The van der Waals surface area contributed by atoms with Gasteiger partial charge in [-0.3, -0.25) is 4.79 Å². The quantitative estimate of drug-likeness (QED) is 0.744. The summed E-state index contributed by atoms with van der Waals surface area (Å²) >= 11 is 0. The minimum absolute atomic E-state index is 0.0782. The van der Waals surface area contributed by atoms with Crippen LogP contribution in [0.4, 0.5) is 5.69 Å². The first-order valence-electron chi connectivity index (χ1n) is 5.59. The molecule has 1 fully saturated rings. The van der Waals surface area contributed by atoms with Gasteiger partial charge in [0.25, 0.3) is 0 Å². The topological polar surface area (TPSA) is 78.0 Å². The van der Waals surface area contributed by atoms with Crippen molar-refractivity contribution < 1.29 is 9.90 Å². The molecule has 88 valence electrons. The molecule has 1 heterocycles. The second-order valence-corrected chi connectivity index (χ2v) is 4.53. The standard InChI is InChI=1S/C12H13N3O2/c16-6-12(3-4-12)11(17)15-8-1-2-9-10(5-8)14-7-13-9/h1-2,5,7,16H,3-4,6H2,(H,13,14)(H,15,17). The Hall–Kier alpha value is -1.88. The van der Waals surface area contributed by atoms with E-state index in [0.717, 1.165) is 29.6 Å². The van der Waals surface area contributed by atoms with Gasteiger partial charge in [0.15, 0.2) is 0 Å². The van der Waals surface area contributed by atoms with Crippen LogP contribution in [0.1, 0.15) is 12.8 Å². The van der Waals surface area contributed by atoms with Gasteiger partial charge < -0.3 is 15.4 Å². The van der Waals surface area contributed by atoms with Crippen molar-refractivity contribution in [2.45, 2.75) is 12.8 Å². The van der Waals surface area contributed by atoms with Crippen molar-refractivity contribution in [3.63, 3.8) is 0 Å². The molecule has 1 saturated carbocycles. The number of aromatic nitrogens is 2. The molecule has 0 spiro atoms. The maximum Gasteiger partial charge on any atom is 0.232 e. The van der Waals surface area contributed by atoms with Crippen LogP contribution in [0.15, 0.2) is 24.5 Å². The van der Waals surface area contributed by atoms with Crippen LogP contribution in [-0.2, 0) is 4.79 Å². The van der Waals surface area contributed by atoms with Crippen LogP contribution in [-0.4, -0.2) is 27.6 Å². The molecule has 1 aromatic heterocycles. The number of rotatable bonds is 3. The summed E-state index contributed by atoms with van der Waals surface area (Å²) in [4.78, 5) is 19.0. The summed E-state index contributed by atoms with van der Waals surface area (Å²) < 4.78 is 0. The number of nitrogens with one attached hydrogen (secondary N) is 2. The van der Waals surface area contributed by atoms with Gasteiger partial charge in [0.2, 0.25) is 5.91 Å². The highest BCUT2D eigenvalue weighted by Crippen LogP contribution is 2.45. The number of hydrogen-bond acceptors (Lipinski definition) is 3. The first-order chi connectivity index (χ1) is 8.23. The predicted molar refractivity (Wildman–Crippen MR) is 63.5 cm³/mol. The van der Waals surface area contributed by atoms with Crippen molar-refractivity contribution in [1.29, 1.82) is 0 Å². The van der Waals surface area contributed by atoms with E-state index < -0.39 is 5.41 Å². The Bertz CT molecular complexity index is 572. The molecule has 5 nitrogen and oxygen atoms in total. The maximum atomic E-state index is 11.9. The monoisotopic (exact) mass is 231 g/mol. The molecule has 0 atom stereocenters. The van der Waals surface area contributed by atoms with Crippen molar-refractivity contribution in [3.05, 3.63) is 24.5 Å². The van der Waals surface area contributed by atoms with E-state index in [2.05, 4.69) is 15.3 Å². The number of amides is 1. The Labute approximate surface area is 97.9 Å². The first kappa shape index (κ1) is 10.3. The van der Waals surface area contributed by atoms with Crippen LogP contribution in [0.2, 0.25) is 0 Å². The Morgan fingerprint density at radius 3 is 3.06 bits per heavy atom. The number of anilines is 1. The number of carbonyl (C=O) groups is 1. The van der Waals surface area contributed by atoms with Crippen molar-refractivity contribution >= 4 is 22.6 Å². The third-order valence-corrected chi connectivity index (χ3v) is 3.32. The molecule has 0 saturated heterocycles. The Morgan fingerprint density at radius 1 is 1.53 bits per heavy atom. The molecule has 0 aliphatic heterocycles. The third kappa shape index (κ3) is 1.68. The number of benzene rings is 1. The third-order valence-electron chi connectivity index (χ3n) is 3.32. The lowest BCUT2D eigenvalue weighted by molar-refractivity contribution is -0.122. The molecule has 17 heavy (non-hydrogen) atoms. The van der Waals surface area contributed by atoms with E-state index in [-0.39, 0.29) is 12.5 Å². The number of aliphatic hydroxyl groups excluding tert-OH is 1. The van der Waals surface area contributed by atoms with E-state index in [4.69, 9.17) is 5.11 Å². The fourth-order valence-corrected chi connectivity index (χ4v) is 1.88. The lowest BCUT2D eigenvalue weighted by atomic mass is 10.1. The molecule has 1 aliphatic carbocycles. The summed E-state index contributed by atoms with van der Waals surface area (Å²) in [6.45, 7) is -0.0782. The normalized spacial score (nSPS) is 17.0. The summed E-state index contributed by atoms with van der Waals surface area (Å²) in [6, 6.07) is 5.50. The molecule has 0 bridgehead atoms. The number of carbonyl (C=O) groups excluding carboxylic acids is 1. The number of hydrogen-bond donors (Lipinski definition) is 3. The van der Waals surface area contributed by atoms with E-state index in [9.17, 15) is 4.79 Å². The molecule has 1 aliphatic rings. The number of H-pyrrole nitrogens is 1. The summed E-state index contributed by atoms with van der Waals surface area (Å²) in [6.07, 6.45) is 3.15. The van der Waals surface area contributed by atoms with Crippen molar-refractivity contribution in [2.75, 3.05) is 11.9 Å². The Morgan fingerprint density at radius 2 is 2.35 bits per heavy atom. The van der Waals surface area contributed by atoms with Crippen LogP contribution in [0.3, 0.4) is 0 Å². The molecule has 3 rings (SSSR count). The minimum atomic E-state index is -0.539. The largest absolute Gasteiger partial charge is 0.395 e. The molecule has 0 unspecified atom stereocenters. The minimum Gasteiger partial charge on any atom is -0.395 e. The van der Waals surface area contributed by atoms with E-state index >= 15 is 0 Å². The molecule has 3 N–H and O–H groups in total. The molecular formula is C12H13N3O2. The van der Waals surface area contributed by atoms with Gasteiger partial charge in [-0.2, -0.15) is 0 Å². The summed E-state index contributed by atoms with van der Waals surface area (Å²) in [5.74, 6) is -0.0983. The van der Waals surface area contributed by atoms with Crippen LogP contribution >= 0.6 is 0 Å². The van der Waals surface area contributed by atoms with Crippen LogP contribution < -0.4 is 5.32 Å². The van der Waals surface area contributed by atoms with E-state index in [1.54, 1.807) is 6.33 Å². The second kappa shape index (κ2) is 3.56. The van der Waals surface area contributed by atoms with Gasteiger partial charge >= 0.3 is 0 Å². The van der Waals surface area contributed by atoms with Crippen molar-refractivity contribution in [1.82, 2.24) is 9.97 Å². The van der Waals surface area contributed by atoms with E-state index in [1.165, 1.54) is 0 Å². The van der Waals surface area contributed by atoms with Crippen LogP contribution in [0.5, 0.6) is 0 Å². The van der Waals surface area contributed by atoms with Gasteiger partial charge in [-0.25, -0.2) is 4.98 Å². The molecule has 1 aromatic carbocycles. The predicted octanol–water partition coefficient (Wildman–Crippen LogP) is 1.27. The van der Waals surface area contributed by atoms with Crippen LogP contribution in [0, 0.1) is 5.41 Å². The highest BCUT2D eigenvalue weighted by atomic mass is 16.3. The van der Waals surface area contributed by atoms with Gasteiger partial charge in [-0.15, -0.1) is 0 Å². The number of aromatic amines is 1. The Kier molecular flexibility index (Phi) is 2.16. The smallest absolute Gasteiger partial charge is 0.232 e. The average Bonchev–Trinajstić information content (AvgIpc) is 3.01. The van der Waals surface area contributed by atoms with Gasteiger partial charge in [0.1, 0.15) is 0 Å². The van der Waals surface area contributed by atoms with E-state index in [0.29, 0.717) is 0 Å². The molecule has 2 aromatic rings. The number of nitrogens with zero attached hydrogens (tertiary/aromatic N) is 1. The Balaban J connectivity index is 1.82. The molecular weight excluding hydrogens is 218 g/mol. The first-order valence-corrected chi connectivity index (χ1v) is 5.59. The average molecular weight is 231 g/mol. The van der Waals surface area contributed by atoms with Gasteiger partial charge in [0.05, 0.1) is 29.4 Å². The molecule has 1 amide bonds. The number of fused-ring (bicyclic) bond motifs is 1. The zero-order chi connectivity index (χ0) is 11.9. The summed E-state index contributed by atoms with van der Waals surface area (Å²) in [5, 5.41) is 12.0. The zero-order valence-electron chi connectivity index (χ0n) is 9.23. The summed E-state index contributed by atoms with van der Waals surface area (Å²) in [7, 11) is 0. The van der Waals surface area contributed by atoms with Crippen molar-refractivity contribution in [2.24, 2.45) is 5.41 Å². The van der Waals surface area contributed by atoms with Crippen LogP contribution in [0.25, 0.3) is 11.0 Å². The number of imidazole rings is 1. The highest BCUT2D eigenvalue weighted by Gasteiger charge is 2.49. The lowest BCUT2D eigenvalue weighted by Crippen LogP contribution is -2.27. The maximum absolute atomic E-state index is 11.9. The fourth-order valence-electron chi connectivity index (χ4n) is 1.88. The van der Waals surface area contributed by atoms with Crippen molar-refractivity contribution in [3.8, 4) is 0 Å². The number of aliphatic hydroxyl groups is 1. The van der Waals surface area contributed by atoms with Gasteiger partial charge in [0, 0.05) is 5.69 Å². The fraction of sp³-hybridized carbons (Fsp3) is 0.333. The molecule has 5 heteroatoms. The van der Waals surface area contributed by atoms with Gasteiger partial charge in [-0.05, 0) is 31.0 Å². The lowest BCUT2D eigenvalue weighted by Gasteiger charge is -2.12. The van der Waals surface area contributed by atoms with E-state index in [1.807, 2.05) is 18.2 Å². The highest BCUT2D eigenvalue weighted by molar-refractivity contribution is 5.98.